The summed E-state index contributed by atoms with van der Waals surface area (Å²) in [4.78, 5) is 11.4. The van der Waals surface area contributed by atoms with Gasteiger partial charge >= 0.3 is 0 Å². The van der Waals surface area contributed by atoms with Crippen LogP contribution in [-0.4, -0.2) is 23.1 Å². The fraction of sp³-hybridized carbons (Fsp3) is 0.200. The lowest BCUT2D eigenvalue weighted by atomic mass is 10.1. The molecule has 5 rings (SSSR count). The van der Waals surface area contributed by atoms with Gasteiger partial charge in [-0.2, -0.15) is 0 Å². The van der Waals surface area contributed by atoms with Crippen molar-refractivity contribution in [3.8, 4) is 22.6 Å². The summed E-state index contributed by atoms with van der Waals surface area (Å²) in [6, 6.07) is 12.4. The van der Waals surface area contributed by atoms with Crippen LogP contribution in [0.15, 0.2) is 53.3 Å². The van der Waals surface area contributed by atoms with Crippen molar-refractivity contribution in [2.75, 3.05) is 18.0 Å². The smallest absolute Gasteiger partial charge is 0.186 e. The van der Waals surface area contributed by atoms with Gasteiger partial charge in [-0.1, -0.05) is 11.3 Å². The lowest BCUT2D eigenvalue weighted by Gasteiger charge is -2.11. The highest BCUT2D eigenvalue weighted by Crippen LogP contribution is 2.36. The van der Waals surface area contributed by atoms with Gasteiger partial charge in [0.2, 0.25) is 0 Å². The molecule has 130 valence electrons. The summed E-state index contributed by atoms with van der Waals surface area (Å²) in [5.74, 6) is 0.425. The van der Waals surface area contributed by atoms with Crippen molar-refractivity contribution in [3.63, 3.8) is 0 Å². The van der Waals surface area contributed by atoms with Crippen molar-refractivity contribution in [1.82, 2.24) is 9.97 Å². The Balaban J connectivity index is 1.55. The predicted octanol–water partition coefficient (Wildman–Crippen LogP) is 5.36. The van der Waals surface area contributed by atoms with Gasteiger partial charge in [0.1, 0.15) is 11.5 Å². The minimum atomic E-state index is -0.265. The molecule has 2 aromatic heterocycles. The van der Waals surface area contributed by atoms with Gasteiger partial charge in [0.15, 0.2) is 17.3 Å². The fourth-order valence-corrected chi connectivity index (χ4v) is 4.42. The lowest BCUT2D eigenvalue weighted by molar-refractivity contribution is 0.572. The van der Waals surface area contributed by atoms with Crippen molar-refractivity contribution >= 4 is 26.7 Å². The van der Waals surface area contributed by atoms with Crippen molar-refractivity contribution in [2.45, 2.75) is 12.8 Å². The summed E-state index contributed by atoms with van der Waals surface area (Å²) in [6.07, 6.45) is 3.90. The molecule has 1 aliphatic heterocycles. The first-order valence-electron chi connectivity index (χ1n) is 8.63. The van der Waals surface area contributed by atoms with E-state index < -0.39 is 0 Å². The summed E-state index contributed by atoms with van der Waals surface area (Å²) in [5, 5.41) is 1.09. The third-order valence-electron chi connectivity index (χ3n) is 4.70. The van der Waals surface area contributed by atoms with Gasteiger partial charge in [0.25, 0.3) is 0 Å². The summed E-state index contributed by atoms with van der Waals surface area (Å²) >= 11 is 1.71. The Morgan fingerprint density at radius 2 is 1.77 bits per heavy atom. The largest absolute Gasteiger partial charge is 0.443 e. The maximum atomic E-state index is 13.2. The Labute approximate surface area is 153 Å². The lowest BCUT2D eigenvalue weighted by Crippen LogP contribution is -2.16. The second-order valence-corrected chi connectivity index (χ2v) is 7.42. The molecule has 2 aromatic carbocycles. The van der Waals surface area contributed by atoms with Crippen LogP contribution in [0.1, 0.15) is 12.8 Å². The van der Waals surface area contributed by atoms with E-state index in [2.05, 4.69) is 16.0 Å². The molecule has 4 aromatic rings. The van der Waals surface area contributed by atoms with E-state index in [1.807, 2.05) is 12.1 Å². The van der Waals surface area contributed by atoms with Crippen LogP contribution in [-0.2, 0) is 0 Å². The number of aromatic nitrogens is 2. The van der Waals surface area contributed by atoms with E-state index in [0.29, 0.717) is 11.5 Å². The summed E-state index contributed by atoms with van der Waals surface area (Å²) in [5.41, 5.74) is 3.50. The fourth-order valence-electron chi connectivity index (χ4n) is 3.36. The molecule has 0 aliphatic carbocycles. The molecule has 4 nitrogen and oxygen atoms in total. The number of halogens is 1. The van der Waals surface area contributed by atoms with E-state index in [9.17, 15) is 4.39 Å². The third kappa shape index (κ3) is 2.66. The average Bonchev–Trinajstić information content (AvgIpc) is 3.40. The quantitative estimate of drug-likeness (QED) is 0.490. The van der Waals surface area contributed by atoms with E-state index in [4.69, 9.17) is 9.40 Å². The highest BCUT2D eigenvalue weighted by molar-refractivity contribution is 7.22. The van der Waals surface area contributed by atoms with Crippen LogP contribution in [0.5, 0.6) is 0 Å². The molecular formula is C20H16FN3OS. The minimum absolute atomic E-state index is 0.265. The Kier molecular flexibility index (Phi) is 3.71. The second-order valence-electron chi connectivity index (χ2n) is 6.41. The van der Waals surface area contributed by atoms with E-state index in [0.717, 1.165) is 39.6 Å². The number of nitrogens with zero attached hydrogens (tertiary/aromatic N) is 3. The number of anilines is 1. The predicted molar refractivity (Wildman–Crippen MR) is 102 cm³/mol. The number of hydrogen-bond acceptors (Lipinski definition) is 5. The van der Waals surface area contributed by atoms with Crippen molar-refractivity contribution in [1.29, 1.82) is 0 Å². The van der Waals surface area contributed by atoms with Crippen LogP contribution in [0.25, 0.3) is 32.8 Å². The molecule has 1 aliphatic rings. The first kappa shape index (κ1) is 15.5. The number of benzene rings is 2. The molecule has 3 heterocycles. The van der Waals surface area contributed by atoms with E-state index in [-0.39, 0.29) is 5.82 Å². The Hall–Kier alpha value is -2.73. The average molecular weight is 365 g/mol. The zero-order valence-corrected chi connectivity index (χ0v) is 14.8. The SMILES string of the molecule is Fc1ccc(-c2ncoc2-c2ccc3nc(N4CCCC4)sc3c2)cc1. The second kappa shape index (κ2) is 6.21. The topological polar surface area (TPSA) is 42.2 Å². The minimum Gasteiger partial charge on any atom is -0.443 e. The number of fused-ring (bicyclic) bond motifs is 1. The summed E-state index contributed by atoms with van der Waals surface area (Å²) < 4.78 is 20.0. The number of thiazole rings is 1. The van der Waals surface area contributed by atoms with Crippen LogP contribution in [0.2, 0.25) is 0 Å². The standard InChI is InChI=1S/C20H16FN3OS/c21-15-6-3-13(4-7-15)18-19(25-12-22-18)14-5-8-16-17(11-14)26-20(23-16)24-9-1-2-10-24/h3-8,11-12H,1-2,9-10H2. The number of oxazole rings is 1. The van der Waals surface area contributed by atoms with Gasteiger partial charge in [-0.25, -0.2) is 14.4 Å². The van der Waals surface area contributed by atoms with Gasteiger partial charge in [-0.3, -0.25) is 0 Å². The maximum Gasteiger partial charge on any atom is 0.186 e. The summed E-state index contributed by atoms with van der Waals surface area (Å²) in [7, 11) is 0. The van der Waals surface area contributed by atoms with Crippen molar-refractivity contribution in [2.24, 2.45) is 0 Å². The van der Waals surface area contributed by atoms with Gasteiger partial charge in [-0.15, -0.1) is 0 Å². The number of hydrogen-bond donors (Lipinski definition) is 0. The van der Waals surface area contributed by atoms with Crippen LogP contribution < -0.4 is 4.90 Å². The van der Waals surface area contributed by atoms with Gasteiger partial charge in [-0.05, 0) is 55.3 Å². The molecule has 0 N–H and O–H groups in total. The van der Waals surface area contributed by atoms with Crippen LogP contribution >= 0.6 is 11.3 Å². The zero-order chi connectivity index (χ0) is 17.5. The molecule has 26 heavy (non-hydrogen) atoms. The molecule has 1 saturated heterocycles. The van der Waals surface area contributed by atoms with E-state index in [1.165, 1.54) is 31.4 Å². The molecule has 1 fully saturated rings. The highest BCUT2D eigenvalue weighted by Gasteiger charge is 2.18. The molecule has 0 unspecified atom stereocenters. The molecule has 0 radical (unpaired) electrons. The molecular weight excluding hydrogens is 349 g/mol. The maximum absolute atomic E-state index is 13.2. The highest BCUT2D eigenvalue weighted by atomic mass is 32.1. The van der Waals surface area contributed by atoms with Crippen LogP contribution in [0.3, 0.4) is 0 Å². The molecule has 0 amide bonds. The Morgan fingerprint density at radius 3 is 2.58 bits per heavy atom. The van der Waals surface area contributed by atoms with E-state index in [1.54, 1.807) is 23.5 Å². The van der Waals surface area contributed by atoms with Gasteiger partial charge in [0, 0.05) is 24.2 Å². The van der Waals surface area contributed by atoms with Gasteiger partial charge < -0.3 is 9.32 Å². The van der Waals surface area contributed by atoms with Gasteiger partial charge in [0.05, 0.1) is 10.2 Å². The van der Waals surface area contributed by atoms with Crippen molar-refractivity contribution < 1.29 is 8.81 Å². The van der Waals surface area contributed by atoms with E-state index >= 15 is 0 Å². The third-order valence-corrected chi connectivity index (χ3v) is 5.78. The normalized spacial score (nSPS) is 14.4. The Morgan fingerprint density at radius 1 is 1.00 bits per heavy atom. The van der Waals surface area contributed by atoms with Crippen molar-refractivity contribution in [3.05, 3.63) is 54.7 Å². The Bertz CT molecular complexity index is 1060. The first-order valence-corrected chi connectivity index (χ1v) is 9.45. The monoisotopic (exact) mass is 365 g/mol. The summed E-state index contributed by atoms with van der Waals surface area (Å²) in [6.45, 7) is 2.17. The molecule has 0 atom stereocenters. The molecule has 0 spiro atoms. The number of rotatable bonds is 3. The molecule has 0 bridgehead atoms. The molecule has 6 heteroatoms. The van der Waals surface area contributed by atoms with Crippen LogP contribution in [0.4, 0.5) is 9.52 Å². The van der Waals surface area contributed by atoms with Crippen LogP contribution in [0, 0.1) is 5.82 Å². The zero-order valence-electron chi connectivity index (χ0n) is 14.0. The molecule has 0 saturated carbocycles. The first-order chi connectivity index (χ1) is 12.8.